The lowest BCUT2D eigenvalue weighted by molar-refractivity contribution is -0.143. The van der Waals surface area contributed by atoms with Gasteiger partial charge in [0.15, 0.2) is 5.78 Å². The quantitative estimate of drug-likeness (QED) is 0.0518. The highest BCUT2D eigenvalue weighted by Crippen LogP contribution is 2.18. The van der Waals surface area contributed by atoms with Gasteiger partial charge in [0, 0.05) is 26.6 Å². The Balaban J connectivity index is 1.78. The summed E-state index contributed by atoms with van der Waals surface area (Å²) in [6.07, 6.45) is 0.989. The molecule has 0 spiro atoms. The van der Waals surface area contributed by atoms with E-state index in [0.717, 1.165) is 12.5 Å². The average molecular weight is 948 g/mol. The first-order valence-electron chi connectivity index (χ1n) is 22.8. The number of nitrogens with one attached hydrogen (secondary N) is 4. The Morgan fingerprint density at radius 1 is 0.712 bits per heavy atom. The molecule has 5 N–H and O–H groups in total. The number of ketones is 1. The second-order valence-electron chi connectivity index (χ2n) is 17.5. The number of ether oxygens (including phenoxy) is 4. The van der Waals surface area contributed by atoms with Crippen LogP contribution in [0, 0.1) is 11.8 Å². The monoisotopic (exact) mass is 947 g/mol. The number of nitrogens with zero attached hydrogens (tertiary/aromatic N) is 1. The van der Waals surface area contributed by atoms with Crippen molar-refractivity contribution in [3.8, 4) is 0 Å². The zero-order valence-electron chi connectivity index (χ0n) is 39.5. The minimum Gasteiger partial charge on any atom is -0.382 e. The molecule has 2 aromatic carbocycles. The molecule has 2 aromatic rings. The number of hydrogen-bond donors (Lipinski definition) is 5. The Bertz CT molecular complexity index is 1880. The number of hydrogen-bond acceptors (Lipinski definition) is 14. The summed E-state index contributed by atoms with van der Waals surface area (Å²) in [4.78, 5) is 71.9. The molecule has 4 amide bonds. The molecule has 1 saturated heterocycles. The van der Waals surface area contributed by atoms with E-state index in [-0.39, 0.29) is 69.8 Å². The number of methoxy groups -OCH3 is 1. The van der Waals surface area contributed by atoms with Crippen LogP contribution < -0.4 is 21.3 Å². The number of amides is 4. The van der Waals surface area contributed by atoms with Gasteiger partial charge in [-0.2, -0.15) is 8.42 Å². The van der Waals surface area contributed by atoms with Gasteiger partial charge in [0.1, 0.15) is 30.3 Å². The molecule has 0 radical (unpaired) electrons. The smallest absolute Gasteiger partial charge is 0.269 e. The predicted octanol–water partition coefficient (Wildman–Crippen LogP) is 1.57. The summed E-state index contributed by atoms with van der Waals surface area (Å²) in [5, 5.41) is 22.6. The second kappa shape index (κ2) is 29.4. The first-order valence-corrected chi connectivity index (χ1v) is 24.3. The van der Waals surface area contributed by atoms with Crippen molar-refractivity contribution in [2.45, 2.75) is 96.5 Å². The highest BCUT2D eigenvalue weighted by molar-refractivity contribution is 7.86. The van der Waals surface area contributed by atoms with Gasteiger partial charge in [-0.05, 0) is 55.6 Å². The van der Waals surface area contributed by atoms with Gasteiger partial charge < -0.3 is 45.3 Å². The Morgan fingerprint density at radius 3 is 1.83 bits per heavy atom. The van der Waals surface area contributed by atoms with Crippen LogP contribution in [-0.2, 0) is 70.1 Å². The lowest BCUT2D eigenvalue weighted by atomic mass is 9.90. The molecule has 1 heterocycles. The molecule has 0 aromatic heterocycles. The van der Waals surface area contributed by atoms with E-state index < -0.39 is 75.8 Å². The van der Waals surface area contributed by atoms with Gasteiger partial charge in [-0.3, -0.25) is 33.1 Å². The summed E-state index contributed by atoms with van der Waals surface area (Å²) in [6.45, 7) is 10.8. The van der Waals surface area contributed by atoms with Crippen molar-refractivity contribution in [1.82, 2.24) is 26.2 Å². The Kier molecular flexibility index (Phi) is 25.0. The summed E-state index contributed by atoms with van der Waals surface area (Å²) in [7, 11) is -2.69. The summed E-state index contributed by atoms with van der Waals surface area (Å²) in [6, 6.07) is 13.8. The first kappa shape index (κ1) is 56.0. The third-order valence-electron chi connectivity index (χ3n) is 10.6. The third kappa shape index (κ3) is 22.0. The van der Waals surface area contributed by atoms with E-state index in [1.807, 2.05) is 62.9 Å². The lowest BCUT2D eigenvalue weighted by Gasteiger charge is -2.30. The van der Waals surface area contributed by atoms with Gasteiger partial charge >= 0.3 is 0 Å². The van der Waals surface area contributed by atoms with Crippen molar-refractivity contribution in [3.63, 3.8) is 0 Å². The molecule has 0 bridgehead atoms. The van der Waals surface area contributed by atoms with Crippen LogP contribution in [0.1, 0.15) is 65.0 Å². The minimum atomic E-state index is -4.23. The number of benzene rings is 2. The van der Waals surface area contributed by atoms with E-state index in [4.69, 9.17) is 23.1 Å². The van der Waals surface area contributed by atoms with Gasteiger partial charge in [-0.25, -0.2) is 0 Å². The molecule has 1 aliphatic heterocycles. The molecule has 5 atom stereocenters. The molecule has 1 fully saturated rings. The first-order chi connectivity index (χ1) is 31.4. The van der Waals surface area contributed by atoms with Crippen molar-refractivity contribution in [3.05, 3.63) is 71.8 Å². The number of aliphatic hydroxyl groups is 1. The van der Waals surface area contributed by atoms with Crippen molar-refractivity contribution >= 4 is 39.5 Å². The zero-order chi connectivity index (χ0) is 48.5. The normalized spacial score (nSPS) is 16.1. The maximum Gasteiger partial charge on any atom is 0.269 e. The molecular formula is C47H73N5O13S. The number of morpholine rings is 1. The summed E-state index contributed by atoms with van der Waals surface area (Å²) >= 11 is 0. The minimum absolute atomic E-state index is 0.000253. The van der Waals surface area contributed by atoms with Crippen LogP contribution in [0.2, 0.25) is 0 Å². The average Bonchev–Trinajstić information content (AvgIpc) is 3.27. The lowest BCUT2D eigenvalue weighted by Crippen LogP contribution is -2.60. The SMILES string of the molecule is COCCOCCOCCS(=O)(=O)OCC(C)(O)C(=O)[C@H](CC(C)C)NC(=O)[C@H](Cc1ccccc1)NC(=O)C(CC(C)C)NC(=O)[C@H](CCc1ccccc1)NC(=O)CN1CCOCC1. The maximum atomic E-state index is 14.3. The van der Waals surface area contributed by atoms with E-state index in [2.05, 4.69) is 21.3 Å². The molecule has 0 aliphatic carbocycles. The maximum absolute atomic E-state index is 14.3. The van der Waals surface area contributed by atoms with E-state index in [1.54, 1.807) is 37.4 Å². The Morgan fingerprint density at radius 2 is 1.23 bits per heavy atom. The van der Waals surface area contributed by atoms with Crippen LogP contribution in [0.15, 0.2) is 60.7 Å². The van der Waals surface area contributed by atoms with Gasteiger partial charge in [0.25, 0.3) is 10.1 Å². The van der Waals surface area contributed by atoms with Crippen LogP contribution in [0.5, 0.6) is 0 Å². The summed E-state index contributed by atoms with van der Waals surface area (Å²) in [5.41, 5.74) is -0.698. The van der Waals surface area contributed by atoms with Gasteiger partial charge in [-0.1, -0.05) is 88.4 Å². The zero-order valence-corrected chi connectivity index (χ0v) is 40.3. The number of carbonyl (C=O) groups excluding carboxylic acids is 5. The molecule has 3 rings (SSSR count). The van der Waals surface area contributed by atoms with Gasteiger partial charge in [0.2, 0.25) is 23.6 Å². The molecule has 1 aliphatic rings. The van der Waals surface area contributed by atoms with E-state index in [1.165, 1.54) is 0 Å². The number of rotatable bonds is 32. The Labute approximate surface area is 390 Å². The largest absolute Gasteiger partial charge is 0.382 e. The van der Waals surface area contributed by atoms with Crippen LogP contribution >= 0.6 is 0 Å². The molecule has 2 unspecified atom stereocenters. The predicted molar refractivity (Wildman–Crippen MR) is 248 cm³/mol. The van der Waals surface area contributed by atoms with Crippen LogP contribution in [-0.4, -0.2) is 163 Å². The highest BCUT2D eigenvalue weighted by Gasteiger charge is 2.40. The molecule has 19 heteroatoms. The summed E-state index contributed by atoms with van der Waals surface area (Å²) in [5.74, 6) is -3.99. The van der Waals surface area contributed by atoms with Crippen molar-refractivity contribution < 1.29 is 60.6 Å². The number of Topliss-reactive ketones (excluding diaryl/α,β-unsaturated/α-hetero) is 1. The fourth-order valence-corrected chi connectivity index (χ4v) is 7.89. The molecule has 370 valence electrons. The van der Waals surface area contributed by atoms with E-state index in [0.29, 0.717) is 51.5 Å². The van der Waals surface area contributed by atoms with Crippen LogP contribution in [0.4, 0.5) is 0 Å². The van der Waals surface area contributed by atoms with Crippen molar-refractivity contribution in [2.24, 2.45) is 11.8 Å². The second-order valence-corrected chi connectivity index (χ2v) is 19.3. The molecule has 18 nitrogen and oxygen atoms in total. The standard InChI is InChI=1S/C47H73N5O13S/c1-34(2)29-39(43(54)47(5,58)33-65-66(59,60)28-27-64-26-25-63-24-23-61-6)49-46(57)41(31-37-15-11-8-12-16-37)51-45(56)40(30-35(3)4)50-44(55)38(18-17-36-13-9-7-10-14-36)48-42(53)32-52-19-21-62-22-20-52/h7-16,34-35,38-41,58H,17-33H2,1-6H3,(H,48,53)(H,49,57)(H,50,55)(H,51,56)/t38-,39-,40?,41-,47?/m0/s1. The third-order valence-corrected chi connectivity index (χ3v) is 11.8. The Hall–Kier alpha value is -4.34. The van der Waals surface area contributed by atoms with E-state index >= 15 is 0 Å². The number of carbonyl (C=O) groups is 5. The van der Waals surface area contributed by atoms with Crippen molar-refractivity contribution in [1.29, 1.82) is 0 Å². The summed E-state index contributed by atoms with van der Waals surface area (Å²) < 4.78 is 51.3. The number of aryl methyl sites for hydroxylation is 1. The molecule has 66 heavy (non-hydrogen) atoms. The van der Waals surface area contributed by atoms with Crippen molar-refractivity contribution in [2.75, 3.05) is 85.4 Å². The topological polar surface area (TPSA) is 237 Å². The van der Waals surface area contributed by atoms with Crippen LogP contribution in [0.25, 0.3) is 0 Å². The highest BCUT2D eigenvalue weighted by atomic mass is 32.2. The van der Waals surface area contributed by atoms with Gasteiger partial charge in [0.05, 0.1) is 64.6 Å². The van der Waals surface area contributed by atoms with E-state index in [9.17, 15) is 37.5 Å². The fraction of sp³-hybridized carbons (Fsp3) is 0.638. The molecular weight excluding hydrogens is 875 g/mol. The van der Waals surface area contributed by atoms with Gasteiger partial charge in [-0.15, -0.1) is 0 Å². The molecule has 0 saturated carbocycles. The van der Waals surface area contributed by atoms with Crippen LogP contribution in [0.3, 0.4) is 0 Å². The fourth-order valence-electron chi connectivity index (χ4n) is 7.04.